The standard InChI is InChI=1S/C15H32N2/c1-5-14(6-2)17-10-8-7-9-15(17)12-16-11-13(3)4/h13-16H,5-12H2,1-4H3. The van der Waals surface area contributed by atoms with Crippen molar-refractivity contribution in [3.8, 4) is 0 Å². The maximum Gasteiger partial charge on any atom is 0.0223 e. The molecule has 1 saturated heterocycles. The third-order valence-corrected chi connectivity index (χ3v) is 4.02. The number of rotatable bonds is 7. The van der Waals surface area contributed by atoms with E-state index in [0.717, 1.165) is 24.5 Å². The van der Waals surface area contributed by atoms with Crippen LogP contribution in [0, 0.1) is 5.92 Å². The highest BCUT2D eigenvalue weighted by atomic mass is 15.2. The average molecular weight is 240 g/mol. The van der Waals surface area contributed by atoms with Crippen LogP contribution in [0.25, 0.3) is 0 Å². The summed E-state index contributed by atoms with van der Waals surface area (Å²) in [6, 6.07) is 1.59. The van der Waals surface area contributed by atoms with E-state index in [1.165, 1.54) is 45.2 Å². The van der Waals surface area contributed by atoms with Gasteiger partial charge < -0.3 is 5.32 Å². The number of hydrogen-bond acceptors (Lipinski definition) is 2. The van der Waals surface area contributed by atoms with Crippen molar-refractivity contribution in [2.45, 2.75) is 71.9 Å². The first kappa shape index (κ1) is 15.0. The van der Waals surface area contributed by atoms with Crippen molar-refractivity contribution in [2.24, 2.45) is 5.92 Å². The summed E-state index contributed by atoms with van der Waals surface area (Å²) in [4.78, 5) is 2.77. The minimum Gasteiger partial charge on any atom is -0.315 e. The molecule has 1 rings (SSSR count). The van der Waals surface area contributed by atoms with E-state index in [-0.39, 0.29) is 0 Å². The molecule has 0 aliphatic carbocycles. The molecule has 0 aromatic rings. The lowest BCUT2D eigenvalue weighted by Crippen LogP contribution is -2.50. The van der Waals surface area contributed by atoms with Crippen LogP contribution in [-0.4, -0.2) is 36.6 Å². The number of nitrogens with one attached hydrogen (secondary N) is 1. The number of piperidine rings is 1. The van der Waals surface area contributed by atoms with Crippen LogP contribution in [0.2, 0.25) is 0 Å². The van der Waals surface area contributed by atoms with Gasteiger partial charge in [0.2, 0.25) is 0 Å². The highest BCUT2D eigenvalue weighted by molar-refractivity contribution is 4.83. The largest absolute Gasteiger partial charge is 0.315 e. The van der Waals surface area contributed by atoms with Gasteiger partial charge in [0.1, 0.15) is 0 Å². The average Bonchev–Trinajstić information content (AvgIpc) is 2.32. The second-order valence-corrected chi connectivity index (χ2v) is 5.91. The molecule has 2 nitrogen and oxygen atoms in total. The molecule has 1 unspecified atom stereocenters. The van der Waals surface area contributed by atoms with Crippen LogP contribution in [0.15, 0.2) is 0 Å². The fourth-order valence-corrected chi connectivity index (χ4v) is 3.02. The van der Waals surface area contributed by atoms with E-state index in [1.54, 1.807) is 0 Å². The minimum absolute atomic E-state index is 0.764. The Labute approximate surface area is 108 Å². The molecule has 1 aliphatic heterocycles. The van der Waals surface area contributed by atoms with Crippen LogP contribution in [-0.2, 0) is 0 Å². The van der Waals surface area contributed by atoms with E-state index in [4.69, 9.17) is 0 Å². The van der Waals surface area contributed by atoms with Crippen molar-refractivity contribution in [1.82, 2.24) is 10.2 Å². The molecule has 0 aromatic carbocycles. The van der Waals surface area contributed by atoms with Gasteiger partial charge in [-0.25, -0.2) is 0 Å². The number of hydrogen-bond donors (Lipinski definition) is 1. The van der Waals surface area contributed by atoms with E-state index in [1.807, 2.05) is 0 Å². The molecule has 1 N–H and O–H groups in total. The van der Waals surface area contributed by atoms with Crippen LogP contribution >= 0.6 is 0 Å². The van der Waals surface area contributed by atoms with Crippen LogP contribution in [0.3, 0.4) is 0 Å². The monoisotopic (exact) mass is 240 g/mol. The predicted molar refractivity (Wildman–Crippen MR) is 76.4 cm³/mol. The van der Waals surface area contributed by atoms with Gasteiger partial charge >= 0.3 is 0 Å². The van der Waals surface area contributed by atoms with Crippen LogP contribution in [0.4, 0.5) is 0 Å². The first-order valence-electron chi connectivity index (χ1n) is 7.65. The zero-order valence-electron chi connectivity index (χ0n) is 12.3. The summed E-state index contributed by atoms with van der Waals surface area (Å²) >= 11 is 0. The summed E-state index contributed by atoms with van der Waals surface area (Å²) in [5.41, 5.74) is 0. The SMILES string of the molecule is CCC(CC)N1CCCCC1CNCC(C)C. The van der Waals surface area contributed by atoms with Gasteiger partial charge in [-0.1, -0.05) is 34.1 Å². The summed E-state index contributed by atoms with van der Waals surface area (Å²) in [6.07, 6.45) is 6.82. The summed E-state index contributed by atoms with van der Waals surface area (Å²) < 4.78 is 0. The molecule has 0 bridgehead atoms. The molecule has 0 amide bonds. The fourth-order valence-electron chi connectivity index (χ4n) is 3.02. The summed E-state index contributed by atoms with van der Waals surface area (Å²) in [5.74, 6) is 0.764. The summed E-state index contributed by atoms with van der Waals surface area (Å²) in [6.45, 7) is 12.9. The van der Waals surface area contributed by atoms with Crippen LogP contribution < -0.4 is 5.32 Å². The Morgan fingerprint density at radius 2 is 1.88 bits per heavy atom. The lowest BCUT2D eigenvalue weighted by atomic mass is 9.97. The second-order valence-electron chi connectivity index (χ2n) is 5.91. The molecule has 2 heteroatoms. The third-order valence-electron chi connectivity index (χ3n) is 4.02. The third kappa shape index (κ3) is 4.97. The van der Waals surface area contributed by atoms with Gasteiger partial charge in [-0.05, 0) is 44.7 Å². The Bertz CT molecular complexity index is 187. The molecule has 1 heterocycles. The first-order chi connectivity index (χ1) is 8.19. The van der Waals surface area contributed by atoms with E-state index in [9.17, 15) is 0 Å². The maximum absolute atomic E-state index is 3.65. The van der Waals surface area contributed by atoms with Crippen molar-refractivity contribution in [1.29, 1.82) is 0 Å². The Morgan fingerprint density at radius 3 is 2.47 bits per heavy atom. The second kappa shape index (κ2) is 8.10. The van der Waals surface area contributed by atoms with Crippen LogP contribution in [0.5, 0.6) is 0 Å². The number of likely N-dealkylation sites (tertiary alicyclic amines) is 1. The van der Waals surface area contributed by atoms with Gasteiger partial charge in [-0.2, -0.15) is 0 Å². The molecule has 0 spiro atoms. The minimum atomic E-state index is 0.764. The molecule has 1 aliphatic rings. The number of nitrogens with zero attached hydrogens (tertiary/aromatic N) is 1. The van der Waals surface area contributed by atoms with Gasteiger partial charge in [0.25, 0.3) is 0 Å². The predicted octanol–water partition coefficient (Wildman–Crippen LogP) is 3.28. The Kier molecular flexibility index (Phi) is 7.14. The van der Waals surface area contributed by atoms with E-state index < -0.39 is 0 Å². The fraction of sp³-hybridized carbons (Fsp3) is 1.00. The highest BCUT2D eigenvalue weighted by Crippen LogP contribution is 2.22. The molecular weight excluding hydrogens is 208 g/mol. The van der Waals surface area contributed by atoms with Crippen molar-refractivity contribution >= 4 is 0 Å². The highest BCUT2D eigenvalue weighted by Gasteiger charge is 2.26. The zero-order valence-corrected chi connectivity index (χ0v) is 12.3. The van der Waals surface area contributed by atoms with Gasteiger partial charge in [0, 0.05) is 18.6 Å². The van der Waals surface area contributed by atoms with E-state index in [2.05, 4.69) is 37.9 Å². The zero-order chi connectivity index (χ0) is 12.7. The first-order valence-corrected chi connectivity index (χ1v) is 7.65. The van der Waals surface area contributed by atoms with Gasteiger partial charge in [-0.3, -0.25) is 4.90 Å². The lowest BCUT2D eigenvalue weighted by Gasteiger charge is -2.41. The lowest BCUT2D eigenvalue weighted by molar-refractivity contribution is 0.0880. The molecule has 17 heavy (non-hydrogen) atoms. The molecule has 1 atom stereocenters. The van der Waals surface area contributed by atoms with E-state index >= 15 is 0 Å². The van der Waals surface area contributed by atoms with Gasteiger partial charge in [0.15, 0.2) is 0 Å². The smallest absolute Gasteiger partial charge is 0.0223 e. The molecule has 1 fully saturated rings. The maximum atomic E-state index is 3.65. The van der Waals surface area contributed by atoms with Crippen LogP contribution in [0.1, 0.15) is 59.8 Å². The Morgan fingerprint density at radius 1 is 1.18 bits per heavy atom. The quantitative estimate of drug-likeness (QED) is 0.735. The molecular formula is C15H32N2. The van der Waals surface area contributed by atoms with E-state index in [0.29, 0.717) is 0 Å². The van der Waals surface area contributed by atoms with Crippen molar-refractivity contribution in [2.75, 3.05) is 19.6 Å². The summed E-state index contributed by atoms with van der Waals surface area (Å²) in [5, 5.41) is 3.65. The van der Waals surface area contributed by atoms with Gasteiger partial charge in [0.05, 0.1) is 0 Å². The summed E-state index contributed by atoms with van der Waals surface area (Å²) in [7, 11) is 0. The van der Waals surface area contributed by atoms with Gasteiger partial charge in [-0.15, -0.1) is 0 Å². The topological polar surface area (TPSA) is 15.3 Å². The Hall–Kier alpha value is -0.0800. The van der Waals surface area contributed by atoms with Crippen molar-refractivity contribution in [3.05, 3.63) is 0 Å². The van der Waals surface area contributed by atoms with Crippen molar-refractivity contribution < 1.29 is 0 Å². The molecule has 0 aromatic heterocycles. The molecule has 102 valence electrons. The molecule has 0 saturated carbocycles. The van der Waals surface area contributed by atoms with Crippen molar-refractivity contribution in [3.63, 3.8) is 0 Å². The normalized spacial score (nSPS) is 22.6. The molecule has 0 radical (unpaired) electrons. The Balaban J connectivity index is 2.41.